The molecule has 8 heavy (non-hydrogen) atoms. The van der Waals surface area contributed by atoms with Crippen LogP contribution in [0.3, 0.4) is 0 Å². The third-order valence-corrected chi connectivity index (χ3v) is 1.00. The van der Waals surface area contributed by atoms with E-state index >= 15 is 0 Å². The van der Waals surface area contributed by atoms with Crippen molar-refractivity contribution >= 4 is 0 Å². The zero-order valence-corrected chi connectivity index (χ0v) is 4.59. The highest BCUT2D eigenvalue weighted by molar-refractivity contribution is 4.88. The molecule has 2 N–H and O–H groups in total. The predicted molar refractivity (Wildman–Crippen MR) is 28.5 cm³/mol. The number of hydrogen-bond donors (Lipinski definition) is 1. The molecule has 1 fully saturated rings. The molecule has 0 unspecified atom stereocenters. The van der Waals surface area contributed by atoms with Gasteiger partial charge in [0, 0.05) is 12.6 Å². The predicted octanol–water partition coefficient (Wildman–Crippen LogP) is 0.528. The molecule has 1 rings (SSSR count). The van der Waals surface area contributed by atoms with E-state index in [1.807, 2.05) is 0 Å². The Hall–Kier alpha value is -0.700. The molecule has 0 bridgehead atoms. The highest BCUT2D eigenvalue weighted by atomic mass is 17.2. The standard InChI is InChI=1S/C5H9NO2/c6-4-5-2-1-3-7-8-5/h4H,1-3,6H2. The second kappa shape index (κ2) is 2.57. The molecule has 0 aromatic heterocycles. The SMILES string of the molecule is NC=C1CCCOO1. The molecule has 1 saturated heterocycles. The van der Waals surface area contributed by atoms with Crippen molar-refractivity contribution in [3.05, 3.63) is 12.0 Å². The molecule has 46 valence electrons. The van der Waals surface area contributed by atoms with Crippen LogP contribution < -0.4 is 5.73 Å². The number of rotatable bonds is 0. The summed E-state index contributed by atoms with van der Waals surface area (Å²) in [5, 5.41) is 0. The van der Waals surface area contributed by atoms with Crippen molar-refractivity contribution in [2.24, 2.45) is 5.73 Å². The topological polar surface area (TPSA) is 44.5 Å². The van der Waals surface area contributed by atoms with E-state index in [2.05, 4.69) is 9.78 Å². The molecule has 0 amide bonds. The third kappa shape index (κ3) is 1.13. The maximum atomic E-state index is 5.14. The summed E-state index contributed by atoms with van der Waals surface area (Å²) in [6.07, 6.45) is 3.33. The van der Waals surface area contributed by atoms with E-state index < -0.39 is 0 Å². The molecule has 0 aromatic rings. The van der Waals surface area contributed by atoms with Crippen LogP contribution in [0.15, 0.2) is 12.0 Å². The Labute approximate surface area is 48.0 Å². The Bertz CT molecular complexity index is 92.6. The van der Waals surface area contributed by atoms with Crippen LogP contribution >= 0.6 is 0 Å². The Balaban J connectivity index is 2.33. The molecule has 0 aliphatic carbocycles. The normalized spacial score (nSPS) is 25.2. The zero-order chi connectivity index (χ0) is 5.82. The average Bonchev–Trinajstić information content (AvgIpc) is 1.90. The van der Waals surface area contributed by atoms with E-state index in [-0.39, 0.29) is 0 Å². The average molecular weight is 115 g/mol. The molecule has 3 heteroatoms. The smallest absolute Gasteiger partial charge is 0.157 e. The van der Waals surface area contributed by atoms with Gasteiger partial charge in [-0.1, -0.05) is 0 Å². The van der Waals surface area contributed by atoms with Crippen molar-refractivity contribution in [3.63, 3.8) is 0 Å². The van der Waals surface area contributed by atoms with Gasteiger partial charge in [0.2, 0.25) is 0 Å². The van der Waals surface area contributed by atoms with E-state index in [9.17, 15) is 0 Å². The highest BCUT2D eigenvalue weighted by Gasteiger charge is 2.04. The summed E-state index contributed by atoms with van der Waals surface area (Å²) in [4.78, 5) is 9.29. The van der Waals surface area contributed by atoms with Gasteiger partial charge in [0.25, 0.3) is 0 Å². The fourth-order valence-corrected chi connectivity index (χ4v) is 0.575. The second-order valence-corrected chi connectivity index (χ2v) is 1.64. The lowest BCUT2D eigenvalue weighted by atomic mass is 10.3. The van der Waals surface area contributed by atoms with Gasteiger partial charge < -0.3 is 10.6 Å². The number of allylic oxidation sites excluding steroid dienone is 1. The molecule has 0 spiro atoms. The zero-order valence-electron chi connectivity index (χ0n) is 4.59. The van der Waals surface area contributed by atoms with Gasteiger partial charge in [0.15, 0.2) is 5.76 Å². The van der Waals surface area contributed by atoms with Crippen molar-refractivity contribution in [2.45, 2.75) is 12.8 Å². The van der Waals surface area contributed by atoms with Gasteiger partial charge in [-0.05, 0) is 6.42 Å². The molecule has 1 aliphatic rings. The molecular formula is C5H9NO2. The fraction of sp³-hybridized carbons (Fsp3) is 0.600. The quantitative estimate of drug-likeness (QED) is 0.468. The van der Waals surface area contributed by atoms with Gasteiger partial charge in [0.1, 0.15) is 0 Å². The van der Waals surface area contributed by atoms with E-state index in [1.54, 1.807) is 0 Å². The van der Waals surface area contributed by atoms with E-state index in [0.29, 0.717) is 6.61 Å². The van der Waals surface area contributed by atoms with Crippen LogP contribution in [0.1, 0.15) is 12.8 Å². The Kier molecular flexibility index (Phi) is 1.75. The van der Waals surface area contributed by atoms with Crippen molar-refractivity contribution in [2.75, 3.05) is 6.61 Å². The maximum absolute atomic E-state index is 5.14. The summed E-state index contributed by atoms with van der Waals surface area (Å²) in [6.45, 7) is 0.678. The minimum Gasteiger partial charge on any atom is -0.402 e. The molecule has 0 atom stereocenters. The first-order chi connectivity index (χ1) is 3.93. The van der Waals surface area contributed by atoms with Crippen LogP contribution in [0.25, 0.3) is 0 Å². The molecule has 3 nitrogen and oxygen atoms in total. The molecular weight excluding hydrogens is 106 g/mol. The van der Waals surface area contributed by atoms with Crippen molar-refractivity contribution in [1.82, 2.24) is 0 Å². The monoisotopic (exact) mass is 115 g/mol. The van der Waals surface area contributed by atoms with Gasteiger partial charge in [-0.25, -0.2) is 0 Å². The Morgan fingerprint density at radius 2 is 2.50 bits per heavy atom. The van der Waals surface area contributed by atoms with Gasteiger partial charge >= 0.3 is 0 Å². The largest absolute Gasteiger partial charge is 0.402 e. The van der Waals surface area contributed by atoms with Crippen LogP contribution in [0.4, 0.5) is 0 Å². The van der Waals surface area contributed by atoms with Gasteiger partial charge in [-0.3, -0.25) is 0 Å². The Morgan fingerprint density at radius 1 is 1.62 bits per heavy atom. The molecule has 1 heterocycles. The van der Waals surface area contributed by atoms with Gasteiger partial charge in [-0.2, -0.15) is 4.89 Å². The molecule has 0 saturated carbocycles. The lowest BCUT2D eigenvalue weighted by Gasteiger charge is -2.12. The minimum absolute atomic E-state index is 0.678. The van der Waals surface area contributed by atoms with Crippen LogP contribution in [0.2, 0.25) is 0 Å². The van der Waals surface area contributed by atoms with Crippen LogP contribution in [0.5, 0.6) is 0 Å². The van der Waals surface area contributed by atoms with Crippen LogP contribution in [-0.2, 0) is 9.78 Å². The third-order valence-electron chi connectivity index (χ3n) is 1.00. The van der Waals surface area contributed by atoms with E-state index in [1.165, 1.54) is 6.20 Å². The minimum atomic E-state index is 0.678. The molecule has 0 radical (unpaired) electrons. The lowest BCUT2D eigenvalue weighted by molar-refractivity contribution is -0.279. The number of hydrogen-bond acceptors (Lipinski definition) is 3. The van der Waals surface area contributed by atoms with Crippen molar-refractivity contribution in [3.8, 4) is 0 Å². The van der Waals surface area contributed by atoms with Crippen LogP contribution in [0, 0.1) is 0 Å². The summed E-state index contributed by atoms with van der Waals surface area (Å²) in [7, 11) is 0. The summed E-state index contributed by atoms with van der Waals surface area (Å²) in [5.74, 6) is 0.733. The first kappa shape index (κ1) is 5.44. The second-order valence-electron chi connectivity index (χ2n) is 1.64. The summed E-state index contributed by atoms with van der Waals surface area (Å²) < 4.78 is 0. The first-order valence-corrected chi connectivity index (χ1v) is 2.64. The molecule has 1 aliphatic heterocycles. The number of nitrogens with two attached hydrogens (primary N) is 1. The van der Waals surface area contributed by atoms with E-state index in [0.717, 1.165) is 18.6 Å². The summed E-state index contributed by atoms with van der Waals surface area (Å²) in [5.41, 5.74) is 5.14. The fourth-order valence-electron chi connectivity index (χ4n) is 0.575. The summed E-state index contributed by atoms with van der Waals surface area (Å²) in [6, 6.07) is 0. The van der Waals surface area contributed by atoms with Crippen molar-refractivity contribution < 1.29 is 9.78 Å². The first-order valence-electron chi connectivity index (χ1n) is 2.64. The van der Waals surface area contributed by atoms with Crippen LogP contribution in [-0.4, -0.2) is 6.61 Å². The van der Waals surface area contributed by atoms with Gasteiger partial charge in [0.05, 0.1) is 6.61 Å². The lowest BCUT2D eigenvalue weighted by Crippen LogP contribution is -2.06. The van der Waals surface area contributed by atoms with E-state index in [4.69, 9.17) is 5.73 Å². The highest BCUT2D eigenvalue weighted by Crippen LogP contribution is 2.11. The Morgan fingerprint density at radius 3 is 2.88 bits per heavy atom. The summed E-state index contributed by atoms with van der Waals surface area (Å²) >= 11 is 0. The van der Waals surface area contributed by atoms with Gasteiger partial charge in [-0.15, -0.1) is 0 Å². The maximum Gasteiger partial charge on any atom is 0.157 e. The molecule has 0 aromatic carbocycles. The van der Waals surface area contributed by atoms with Crippen molar-refractivity contribution in [1.29, 1.82) is 0 Å².